The van der Waals surface area contributed by atoms with Crippen molar-refractivity contribution in [1.29, 1.82) is 0 Å². The normalized spacial score (nSPS) is 26.9. The highest BCUT2D eigenvalue weighted by Gasteiger charge is 2.51. The number of aryl methyl sites for hydroxylation is 1. The number of urea groups is 1. The standard InChI is InChI=1S/C25H30N4O5/c1-2-7-29-22(31)19-6-4-3-5-18(19)21(28-29)23(32)34-14-20(30)26-24(33)27-25-11-15-8-16(12-25)10-17(9-15)13-25/h3-6,15-17H,2,7-14H2,1H3,(H2,26,27,30,33). The van der Waals surface area contributed by atoms with Gasteiger partial charge >= 0.3 is 12.0 Å². The van der Waals surface area contributed by atoms with E-state index in [0.717, 1.165) is 19.3 Å². The largest absolute Gasteiger partial charge is 0.451 e. The van der Waals surface area contributed by atoms with E-state index in [1.54, 1.807) is 24.3 Å². The van der Waals surface area contributed by atoms with Crippen LogP contribution in [0.15, 0.2) is 29.1 Å². The predicted octanol–water partition coefficient (Wildman–Crippen LogP) is 2.76. The SMILES string of the molecule is CCCn1nc(C(=O)OCC(=O)NC(=O)NC23CC4CC(CC(C4)C2)C3)c2ccccc2c1=O. The van der Waals surface area contributed by atoms with E-state index < -0.39 is 24.5 Å². The van der Waals surface area contributed by atoms with Gasteiger partial charge in [0.1, 0.15) is 0 Å². The second-order valence-corrected chi connectivity index (χ2v) is 10.2. The predicted molar refractivity (Wildman–Crippen MR) is 124 cm³/mol. The van der Waals surface area contributed by atoms with E-state index in [1.165, 1.54) is 23.9 Å². The average molecular weight is 467 g/mol. The van der Waals surface area contributed by atoms with Crippen molar-refractivity contribution in [2.24, 2.45) is 17.8 Å². The van der Waals surface area contributed by atoms with Crippen LogP contribution in [-0.2, 0) is 16.1 Å². The molecule has 1 aromatic heterocycles. The number of fused-ring (bicyclic) bond motifs is 1. The van der Waals surface area contributed by atoms with Crippen molar-refractivity contribution in [1.82, 2.24) is 20.4 Å². The molecule has 9 heteroatoms. The lowest BCUT2D eigenvalue weighted by molar-refractivity contribution is -0.123. The van der Waals surface area contributed by atoms with Crippen molar-refractivity contribution >= 4 is 28.7 Å². The summed E-state index contributed by atoms with van der Waals surface area (Å²) in [7, 11) is 0. The molecule has 0 saturated heterocycles. The van der Waals surface area contributed by atoms with E-state index in [0.29, 0.717) is 41.5 Å². The van der Waals surface area contributed by atoms with Gasteiger partial charge in [0.25, 0.3) is 11.5 Å². The van der Waals surface area contributed by atoms with Crippen molar-refractivity contribution in [3.63, 3.8) is 0 Å². The fourth-order valence-corrected chi connectivity index (χ4v) is 6.65. The molecular formula is C25H30N4O5. The van der Waals surface area contributed by atoms with Gasteiger partial charge in [0, 0.05) is 17.5 Å². The number of nitrogens with one attached hydrogen (secondary N) is 2. The lowest BCUT2D eigenvalue weighted by atomic mass is 9.53. The van der Waals surface area contributed by atoms with E-state index in [9.17, 15) is 19.2 Å². The molecule has 4 fully saturated rings. The highest BCUT2D eigenvalue weighted by atomic mass is 16.5. The molecule has 6 rings (SSSR count). The Hall–Kier alpha value is -3.23. The van der Waals surface area contributed by atoms with Crippen LogP contribution in [0.25, 0.3) is 10.8 Å². The van der Waals surface area contributed by atoms with Crippen molar-refractivity contribution in [3.8, 4) is 0 Å². The Bertz CT molecular complexity index is 1170. The molecular weight excluding hydrogens is 436 g/mol. The maximum atomic E-state index is 12.7. The van der Waals surface area contributed by atoms with Gasteiger partial charge in [-0.3, -0.25) is 14.9 Å². The van der Waals surface area contributed by atoms with Crippen molar-refractivity contribution in [2.45, 2.75) is 64.0 Å². The molecule has 4 aliphatic carbocycles. The van der Waals surface area contributed by atoms with E-state index in [-0.39, 0.29) is 16.8 Å². The van der Waals surface area contributed by atoms with Gasteiger partial charge in [-0.15, -0.1) is 0 Å². The number of ether oxygens (including phenoxy) is 1. The second-order valence-electron chi connectivity index (χ2n) is 10.2. The molecule has 0 aliphatic heterocycles. The van der Waals surface area contributed by atoms with Crippen LogP contribution in [0.5, 0.6) is 0 Å². The maximum Gasteiger partial charge on any atom is 0.359 e. The van der Waals surface area contributed by atoms with E-state index in [1.807, 2.05) is 6.92 Å². The monoisotopic (exact) mass is 466 g/mol. The van der Waals surface area contributed by atoms with Gasteiger partial charge in [-0.1, -0.05) is 25.1 Å². The maximum absolute atomic E-state index is 12.7. The Labute approximate surface area is 197 Å². The van der Waals surface area contributed by atoms with Gasteiger partial charge in [-0.05, 0) is 68.8 Å². The van der Waals surface area contributed by atoms with Crippen LogP contribution in [0.2, 0.25) is 0 Å². The molecule has 0 spiro atoms. The summed E-state index contributed by atoms with van der Waals surface area (Å²) in [4.78, 5) is 50.2. The molecule has 9 nitrogen and oxygen atoms in total. The minimum atomic E-state index is -0.822. The molecule has 4 aliphatic rings. The van der Waals surface area contributed by atoms with Gasteiger partial charge in [0.05, 0.1) is 5.39 Å². The number of amides is 3. The molecule has 1 heterocycles. The second kappa shape index (κ2) is 8.85. The highest BCUT2D eigenvalue weighted by molar-refractivity contribution is 6.03. The Balaban J connectivity index is 1.21. The summed E-state index contributed by atoms with van der Waals surface area (Å²) < 4.78 is 6.39. The van der Waals surface area contributed by atoms with E-state index >= 15 is 0 Å². The molecule has 3 amide bonds. The number of benzene rings is 1. The minimum absolute atomic E-state index is 0.0329. The molecule has 4 saturated carbocycles. The smallest absolute Gasteiger partial charge is 0.359 e. The topological polar surface area (TPSA) is 119 Å². The molecule has 2 N–H and O–H groups in total. The minimum Gasteiger partial charge on any atom is -0.451 e. The van der Waals surface area contributed by atoms with Crippen LogP contribution in [0, 0.1) is 17.8 Å². The fourth-order valence-electron chi connectivity index (χ4n) is 6.65. The number of carbonyl (C=O) groups is 3. The third-order valence-electron chi connectivity index (χ3n) is 7.50. The van der Waals surface area contributed by atoms with Crippen LogP contribution < -0.4 is 16.2 Å². The molecule has 0 radical (unpaired) electrons. The number of carbonyl (C=O) groups excluding carboxylic acids is 3. The van der Waals surface area contributed by atoms with Gasteiger partial charge in [-0.2, -0.15) is 5.10 Å². The Morgan fingerprint density at radius 1 is 1.06 bits per heavy atom. The lowest BCUT2D eigenvalue weighted by Gasteiger charge is -2.56. The number of aromatic nitrogens is 2. The summed E-state index contributed by atoms with van der Waals surface area (Å²) >= 11 is 0. The zero-order valence-corrected chi connectivity index (χ0v) is 19.3. The average Bonchev–Trinajstić information content (AvgIpc) is 2.78. The van der Waals surface area contributed by atoms with Gasteiger partial charge in [0.2, 0.25) is 0 Å². The van der Waals surface area contributed by atoms with Crippen LogP contribution in [0.3, 0.4) is 0 Å². The summed E-state index contributed by atoms with van der Waals surface area (Å²) in [5.41, 5.74) is -0.534. The zero-order valence-electron chi connectivity index (χ0n) is 19.3. The number of hydrogen-bond acceptors (Lipinski definition) is 6. The number of nitrogens with zero attached hydrogens (tertiary/aromatic N) is 2. The highest BCUT2D eigenvalue weighted by Crippen LogP contribution is 2.55. The van der Waals surface area contributed by atoms with Crippen LogP contribution in [-0.4, -0.2) is 39.8 Å². The first-order valence-electron chi connectivity index (χ1n) is 12.1. The van der Waals surface area contributed by atoms with Crippen LogP contribution in [0.1, 0.15) is 62.4 Å². The fraction of sp³-hybridized carbons (Fsp3) is 0.560. The third-order valence-corrected chi connectivity index (χ3v) is 7.50. The third kappa shape index (κ3) is 4.31. The van der Waals surface area contributed by atoms with Crippen LogP contribution >= 0.6 is 0 Å². The Morgan fingerprint density at radius 3 is 2.29 bits per heavy atom. The molecule has 0 unspecified atom stereocenters. The van der Waals surface area contributed by atoms with Crippen LogP contribution in [0.4, 0.5) is 4.79 Å². The number of esters is 1. The molecule has 0 atom stereocenters. The first-order chi connectivity index (χ1) is 16.4. The van der Waals surface area contributed by atoms with Gasteiger partial charge in [0.15, 0.2) is 12.3 Å². The van der Waals surface area contributed by atoms with E-state index in [2.05, 4.69) is 15.7 Å². The van der Waals surface area contributed by atoms with E-state index in [4.69, 9.17) is 4.74 Å². The quantitative estimate of drug-likeness (QED) is 0.632. The number of rotatable bonds is 6. The molecule has 180 valence electrons. The van der Waals surface area contributed by atoms with Gasteiger partial charge < -0.3 is 10.1 Å². The Morgan fingerprint density at radius 2 is 1.68 bits per heavy atom. The summed E-state index contributed by atoms with van der Waals surface area (Å²) in [5, 5.41) is 10.3. The van der Waals surface area contributed by atoms with Crippen molar-refractivity contribution < 1.29 is 19.1 Å². The molecule has 4 bridgehead atoms. The molecule has 2 aromatic rings. The zero-order chi connectivity index (χ0) is 23.9. The summed E-state index contributed by atoms with van der Waals surface area (Å²) in [6, 6.07) is 6.12. The summed E-state index contributed by atoms with van der Waals surface area (Å²) in [6.07, 6.45) is 7.36. The van der Waals surface area contributed by atoms with Gasteiger partial charge in [-0.25, -0.2) is 14.3 Å². The van der Waals surface area contributed by atoms with Crippen molar-refractivity contribution in [2.75, 3.05) is 6.61 Å². The summed E-state index contributed by atoms with van der Waals surface area (Å²) in [6.45, 7) is 1.64. The van der Waals surface area contributed by atoms with Crippen molar-refractivity contribution in [3.05, 3.63) is 40.3 Å². The molecule has 34 heavy (non-hydrogen) atoms. The number of hydrogen-bond donors (Lipinski definition) is 2. The lowest BCUT2D eigenvalue weighted by Crippen LogP contribution is -2.62. The first kappa shape index (κ1) is 22.6. The molecule has 1 aromatic carbocycles. The first-order valence-corrected chi connectivity index (χ1v) is 12.1. The number of imide groups is 1. The summed E-state index contributed by atoms with van der Waals surface area (Å²) in [5.74, 6) is 0.476. The Kier molecular flexibility index (Phi) is 5.87.